The molecule has 0 spiro atoms. The van der Waals surface area contributed by atoms with Gasteiger partial charge in [-0.2, -0.15) is 0 Å². The first-order valence-electron chi connectivity index (χ1n) is 9.86. The van der Waals surface area contributed by atoms with Gasteiger partial charge in [-0.3, -0.25) is 25.0 Å². The minimum absolute atomic E-state index is 0.171. The average molecular weight is 408 g/mol. The summed E-state index contributed by atoms with van der Waals surface area (Å²) in [6, 6.07) is 12.7. The molecule has 1 aliphatic heterocycles. The quantitative estimate of drug-likeness (QED) is 0.609. The number of nitrogens with one attached hydrogen (secondary N) is 2. The summed E-state index contributed by atoms with van der Waals surface area (Å²) in [5.41, 5.74) is 6.43. The first kappa shape index (κ1) is 19.8. The van der Waals surface area contributed by atoms with Gasteiger partial charge in [-0.1, -0.05) is 24.3 Å². The molecule has 1 aromatic heterocycles. The summed E-state index contributed by atoms with van der Waals surface area (Å²) in [4.78, 5) is 29.4. The second-order valence-corrected chi connectivity index (χ2v) is 7.75. The highest BCUT2D eigenvalue weighted by molar-refractivity contribution is 5.80. The molecule has 2 heterocycles. The Morgan fingerprint density at radius 2 is 2.03 bits per heavy atom. The first-order valence-corrected chi connectivity index (χ1v) is 9.86. The number of anilines is 1. The Bertz CT molecular complexity index is 1170. The smallest absolute Gasteiger partial charge is 0.276 e. The van der Waals surface area contributed by atoms with E-state index in [1.54, 1.807) is 24.3 Å². The molecule has 8 nitrogen and oxygen atoms in total. The zero-order chi connectivity index (χ0) is 21.3. The Hall–Kier alpha value is -3.55. The van der Waals surface area contributed by atoms with E-state index in [0.29, 0.717) is 28.9 Å². The predicted molar refractivity (Wildman–Crippen MR) is 114 cm³/mol. The Labute approximate surface area is 173 Å². The van der Waals surface area contributed by atoms with E-state index in [4.69, 9.17) is 9.47 Å². The topological polar surface area (TPSA) is 94.5 Å². The van der Waals surface area contributed by atoms with Crippen LogP contribution in [-0.4, -0.2) is 27.7 Å². The van der Waals surface area contributed by atoms with E-state index < -0.39 is 5.91 Å². The fourth-order valence-electron chi connectivity index (χ4n) is 3.56. The molecule has 0 aliphatic carbocycles. The summed E-state index contributed by atoms with van der Waals surface area (Å²) in [6.45, 7) is 6.06. The summed E-state index contributed by atoms with van der Waals surface area (Å²) < 4.78 is 13.1. The van der Waals surface area contributed by atoms with Crippen LogP contribution in [0.5, 0.6) is 11.5 Å². The molecule has 0 atom stereocenters. The van der Waals surface area contributed by atoms with Crippen LogP contribution in [0.2, 0.25) is 0 Å². The molecule has 2 N–H and O–H groups in total. The number of rotatable bonds is 6. The highest BCUT2D eigenvalue weighted by atomic mass is 16.5. The molecule has 156 valence electrons. The average Bonchev–Trinajstić information content (AvgIpc) is 3.05. The van der Waals surface area contributed by atoms with E-state index in [-0.39, 0.29) is 23.7 Å². The van der Waals surface area contributed by atoms with Gasteiger partial charge in [0.25, 0.3) is 11.5 Å². The highest BCUT2D eigenvalue weighted by Gasteiger charge is 2.32. The third kappa shape index (κ3) is 3.80. The van der Waals surface area contributed by atoms with Gasteiger partial charge in [0.2, 0.25) is 5.95 Å². The summed E-state index contributed by atoms with van der Waals surface area (Å²) in [5, 5.41) is 0.528. The number of benzene rings is 2. The lowest BCUT2D eigenvalue weighted by Gasteiger charge is -2.18. The number of hydrogen-bond donors (Lipinski definition) is 2. The molecule has 2 aromatic carbocycles. The Balaban J connectivity index is 1.43. The largest absolute Gasteiger partial charge is 0.483 e. The van der Waals surface area contributed by atoms with Crippen molar-refractivity contribution >= 4 is 22.8 Å². The van der Waals surface area contributed by atoms with E-state index >= 15 is 0 Å². The number of fused-ring (bicyclic) bond motifs is 2. The number of ether oxygens (including phenoxy) is 2. The van der Waals surface area contributed by atoms with Crippen LogP contribution in [0.1, 0.15) is 26.3 Å². The van der Waals surface area contributed by atoms with Crippen LogP contribution >= 0.6 is 0 Å². The standard InChI is InChI=1S/C22H24N4O4/c1-4-26-20(28)15-9-5-6-10-16(15)23-21(26)25-24-18(27)13-29-17-11-7-8-14-12-22(2,3)30-19(14)17/h5-11H,4,12-13H2,1-3H3,(H,23,25)(H,24,27). The lowest BCUT2D eigenvalue weighted by Crippen LogP contribution is -2.37. The van der Waals surface area contributed by atoms with Gasteiger partial charge < -0.3 is 9.47 Å². The molecule has 4 rings (SSSR count). The van der Waals surface area contributed by atoms with Gasteiger partial charge in [0.05, 0.1) is 10.9 Å². The van der Waals surface area contributed by atoms with E-state index in [9.17, 15) is 9.59 Å². The third-order valence-electron chi connectivity index (χ3n) is 4.91. The first-order chi connectivity index (χ1) is 14.4. The van der Waals surface area contributed by atoms with Crippen LogP contribution in [0.25, 0.3) is 10.9 Å². The number of carbonyl (C=O) groups excluding carboxylic acids is 1. The molecule has 0 unspecified atom stereocenters. The molecular formula is C22H24N4O4. The van der Waals surface area contributed by atoms with Gasteiger partial charge in [0.15, 0.2) is 18.1 Å². The molecule has 8 heteroatoms. The summed E-state index contributed by atoms with van der Waals surface area (Å²) in [6.07, 6.45) is 0.787. The Kier molecular flexibility index (Phi) is 5.07. The van der Waals surface area contributed by atoms with Crippen LogP contribution < -0.4 is 25.9 Å². The molecule has 1 amide bonds. The highest BCUT2D eigenvalue weighted by Crippen LogP contribution is 2.41. The van der Waals surface area contributed by atoms with Crippen LogP contribution in [0.15, 0.2) is 47.3 Å². The maximum atomic E-state index is 12.6. The summed E-state index contributed by atoms with van der Waals surface area (Å²) in [5.74, 6) is 1.07. The molecule has 3 aromatic rings. The minimum Gasteiger partial charge on any atom is -0.483 e. The third-order valence-corrected chi connectivity index (χ3v) is 4.91. The maximum absolute atomic E-state index is 12.6. The molecule has 1 aliphatic rings. The lowest BCUT2D eigenvalue weighted by atomic mass is 10.0. The van der Waals surface area contributed by atoms with Gasteiger partial charge >= 0.3 is 0 Å². The van der Waals surface area contributed by atoms with Gasteiger partial charge in [0.1, 0.15) is 5.60 Å². The number of nitrogens with zero attached hydrogens (tertiary/aromatic N) is 2. The van der Waals surface area contributed by atoms with E-state index in [2.05, 4.69) is 15.8 Å². The zero-order valence-corrected chi connectivity index (χ0v) is 17.2. The van der Waals surface area contributed by atoms with Crippen molar-refractivity contribution in [1.29, 1.82) is 0 Å². The monoisotopic (exact) mass is 408 g/mol. The van der Waals surface area contributed by atoms with E-state index in [1.807, 2.05) is 39.0 Å². The molecule has 30 heavy (non-hydrogen) atoms. The molecule has 0 saturated carbocycles. The van der Waals surface area contributed by atoms with Gasteiger partial charge in [0, 0.05) is 18.5 Å². The second kappa shape index (κ2) is 7.70. The molecular weight excluding hydrogens is 384 g/mol. The molecule has 0 bridgehead atoms. The normalized spacial score (nSPS) is 14.1. The Morgan fingerprint density at radius 3 is 2.83 bits per heavy atom. The van der Waals surface area contributed by atoms with E-state index in [1.165, 1.54) is 4.57 Å². The van der Waals surface area contributed by atoms with Crippen LogP contribution in [0.3, 0.4) is 0 Å². The van der Waals surface area contributed by atoms with Crippen molar-refractivity contribution < 1.29 is 14.3 Å². The van der Waals surface area contributed by atoms with Crippen molar-refractivity contribution in [2.45, 2.75) is 39.3 Å². The number of para-hydroxylation sites is 2. The van der Waals surface area contributed by atoms with Crippen molar-refractivity contribution in [2.75, 3.05) is 12.0 Å². The van der Waals surface area contributed by atoms with Gasteiger partial charge in [-0.15, -0.1) is 0 Å². The fraction of sp³-hybridized carbons (Fsp3) is 0.318. The SMILES string of the molecule is CCn1c(NNC(=O)COc2cccc3c2OC(C)(C)C3)nc2ccccc2c1=O. The van der Waals surface area contributed by atoms with Crippen molar-refractivity contribution in [3.63, 3.8) is 0 Å². The zero-order valence-electron chi connectivity index (χ0n) is 17.2. The lowest BCUT2D eigenvalue weighted by molar-refractivity contribution is -0.122. The molecule has 0 radical (unpaired) electrons. The fourth-order valence-corrected chi connectivity index (χ4v) is 3.56. The number of aromatic nitrogens is 2. The Morgan fingerprint density at radius 1 is 1.23 bits per heavy atom. The molecule has 0 saturated heterocycles. The maximum Gasteiger partial charge on any atom is 0.276 e. The van der Waals surface area contributed by atoms with Crippen LogP contribution in [0, 0.1) is 0 Å². The number of carbonyl (C=O) groups is 1. The van der Waals surface area contributed by atoms with Crippen LogP contribution in [0.4, 0.5) is 5.95 Å². The summed E-state index contributed by atoms with van der Waals surface area (Å²) in [7, 11) is 0. The van der Waals surface area contributed by atoms with Crippen molar-refractivity contribution in [1.82, 2.24) is 15.0 Å². The second-order valence-electron chi connectivity index (χ2n) is 7.75. The number of hydrogen-bond acceptors (Lipinski definition) is 6. The predicted octanol–water partition coefficient (Wildman–Crippen LogP) is 2.65. The minimum atomic E-state index is -0.407. The number of hydrazine groups is 1. The van der Waals surface area contributed by atoms with Gasteiger partial charge in [-0.25, -0.2) is 4.98 Å². The number of amides is 1. The molecule has 0 fully saturated rings. The van der Waals surface area contributed by atoms with Crippen molar-refractivity contribution in [2.24, 2.45) is 0 Å². The van der Waals surface area contributed by atoms with Crippen molar-refractivity contribution in [3.05, 3.63) is 58.4 Å². The van der Waals surface area contributed by atoms with Gasteiger partial charge in [-0.05, 0) is 39.0 Å². The summed E-state index contributed by atoms with van der Waals surface area (Å²) >= 11 is 0. The van der Waals surface area contributed by atoms with Crippen molar-refractivity contribution in [3.8, 4) is 11.5 Å². The van der Waals surface area contributed by atoms with Crippen LogP contribution in [-0.2, 0) is 17.8 Å². The van der Waals surface area contributed by atoms with E-state index in [0.717, 1.165) is 12.0 Å².